The van der Waals surface area contributed by atoms with Crippen LogP contribution in [0.2, 0.25) is 0 Å². The minimum Gasteiger partial charge on any atom is -0.300 e. The summed E-state index contributed by atoms with van der Waals surface area (Å²) < 4.78 is 1.56. The van der Waals surface area contributed by atoms with Gasteiger partial charge in [-0.15, -0.1) is 0 Å². The Labute approximate surface area is 150 Å². The summed E-state index contributed by atoms with van der Waals surface area (Å²) in [6.07, 6.45) is 3.03. The second-order valence-corrected chi connectivity index (χ2v) is 6.96. The van der Waals surface area contributed by atoms with E-state index in [1.165, 1.54) is 11.8 Å². The second kappa shape index (κ2) is 7.61. The SMILES string of the molecule is CC(=O)CCCSc1nc2ccccc2c(=O)n1-c1ccc(C)cn1. The van der Waals surface area contributed by atoms with E-state index in [-0.39, 0.29) is 11.3 Å². The molecule has 0 aliphatic rings. The minimum atomic E-state index is -0.129. The molecule has 0 N–H and O–H groups in total. The van der Waals surface area contributed by atoms with Crippen molar-refractivity contribution < 1.29 is 4.79 Å². The van der Waals surface area contributed by atoms with Gasteiger partial charge in [0.2, 0.25) is 0 Å². The summed E-state index contributed by atoms with van der Waals surface area (Å²) in [6, 6.07) is 11.1. The van der Waals surface area contributed by atoms with E-state index in [2.05, 4.69) is 9.97 Å². The number of hydrogen-bond donors (Lipinski definition) is 0. The van der Waals surface area contributed by atoms with Gasteiger partial charge >= 0.3 is 0 Å². The molecule has 6 heteroatoms. The molecule has 25 heavy (non-hydrogen) atoms. The second-order valence-electron chi connectivity index (χ2n) is 5.90. The van der Waals surface area contributed by atoms with Crippen molar-refractivity contribution in [2.75, 3.05) is 5.75 Å². The first-order valence-electron chi connectivity index (χ1n) is 8.13. The van der Waals surface area contributed by atoms with E-state index in [1.807, 2.05) is 37.3 Å². The third kappa shape index (κ3) is 3.96. The molecule has 128 valence electrons. The van der Waals surface area contributed by atoms with Crippen LogP contribution in [-0.4, -0.2) is 26.1 Å². The van der Waals surface area contributed by atoms with Gasteiger partial charge in [-0.25, -0.2) is 14.5 Å². The third-order valence-corrected chi connectivity index (χ3v) is 4.80. The molecule has 3 aromatic rings. The molecule has 0 bridgehead atoms. The number of pyridine rings is 1. The Morgan fingerprint density at radius 2 is 2.00 bits per heavy atom. The smallest absolute Gasteiger partial charge is 0.267 e. The number of carbonyl (C=O) groups excluding carboxylic acids is 1. The van der Waals surface area contributed by atoms with Gasteiger partial charge < -0.3 is 4.79 Å². The highest BCUT2D eigenvalue weighted by molar-refractivity contribution is 7.99. The van der Waals surface area contributed by atoms with E-state index >= 15 is 0 Å². The molecule has 0 fully saturated rings. The van der Waals surface area contributed by atoms with Crippen LogP contribution < -0.4 is 5.56 Å². The number of fused-ring (bicyclic) bond motifs is 1. The number of Topliss-reactive ketones (excluding diaryl/α,β-unsaturated/α-hetero) is 1. The van der Waals surface area contributed by atoms with Crippen molar-refractivity contribution in [2.24, 2.45) is 0 Å². The van der Waals surface area contributed by atoms with Crippen molar-refractivity contribution in [2.45, 2.75) is 31.8 Å². The molecule has 0 radical (unpaired) electrons. The Morgan fingerprint density at radius 3 is 2.72 bits per heavy atom. The summed E-state index contributed by atoms with van der Waals surface area (Å²) in [7, 11) is 0. The fourth-order valence-corrected chi connectivity index (χ4v) is 3.43. The van der Waals surface area contributed by atoms with E-state index < -0.39 is 0 Å². The zero-order chi connectivity index (χ0) is 17.8. The van der Waals surface area contributed by atoms with Gasteiger partial charge in [0.05, 0.1) is 10.9 Å². The van der Waals surface area contributed by atoms with Gasteiger partial charge in [-0.1, -0.05) is 30.0 Å². The van der Waals surface area contributed by atoms with Gasteiger partial charge in [0, 0.05) is 18.4 Å². The number of aryl methyl sites for hydroxylation is 1. The Hall–Kier alpha value is -2.47. The topological polar surface area (TPSA) is 64.8 Å². The summed E-state index contributed by atoms with van der Waals surface area (Å²) >= 11 is 1.48. The number of para-hydroxylation sites is 1. The molecule has 2 aromatic heterocycles. The van der Waals surface area contributed by atoms with Crippen LogP contribution in [0, 0.1) is 6.92 Å². The molecule has 2 heterocycles. The van der Waals surface area contributed by atoms with Crippen molar-refractivity contribution in [1.82, 2.24) is 14.5 Å². The van der Waals surface area contributed by atoms with Crippen molar-refractivity contribution in [3.8, 4) is 5.82 Å². The third-order valence-electron chi connectivity index (χ3n) is 3.77. The van der Waals surface area contributed by atoms with Gasteiger partial charge in [0.1, 0.15) is 11.6 Å². The molecule has 0 aliphatic heterocycles. The first-order valence-corrected chi connectivity index (χ1v) is 9.12. The number of rotatable bonds is 6. The van der Waals surface area contributed by atoms with Crippen molar-refractivity contribution in [1.29, 1.82) is 0 Å². The Morgan fingerprint density at radius 1 is 1.20 bits per heavy atom. The van der Waals surface area contributed by atoms with E-state index in [0.29, 0.717) is 28.3 Å². The standard InChI is InChI=1S/C19H19N3O2S/c1-13-9-10-17(20-12-13)22-18(24)15-7-3-4-8-16(15)21-19(22)25-11-5-6-14(2)23/h3-4,7-10,12H,5-6,11H2,1-2H3. The van der Waals surface area contributed by atoms with E-state index in [1.54, 1.807) is 23.8 Å². The predicted molar refractivity (Wildman–Crippen MR) is 101 cm³/mol. The van der Waals surface area contributed by atoms with Crippen LogP contribution in [0.5, 0.6) is 0 Å². The van der Waals surface area contributed by atoms with Crippen LogP contribution in [0.25, 0.3) is 16.7 Å². The van der Waals surface area contributed by atoms with E-state index in [9.17, 15) is 9.59 Å². The van der Waals surface area contributed by atoms with Crippen molar-refractivity contribution in [3.63, 3.8) is 0 Å². The number of aromatic nitrogens is 3. The fraction of sp³-hybridized carbons (Fsp3) is 0.263. The van der Waals surface area contributed by atoms with Crippen molar-refractivity contribution >= 4 is 28.4 Å². The number of hydrogen-bond acceptors (Lipinski definition) is 5. The minimum absolute atomic E-state index is 0.129. The van der Waals surface area contributed by atoms with Gasteiger partial charge in [-0.3, -0.25) is 4.79 Å². The van der Waals surface area contributed by atoms with Crippen LogP contribution >= 0.6 is 11.8 Å². The average Bonchev–Trinajstić information content (AvgIpc) is 2.60. The van der Waals surface area contributed by atoms with Gasteiger partial charge in [-0.2, -0.15) is 0 Å². The zero-order valence-corrected chi connectivity index (χ0v) is 15.0. The van der Waals surface area contributed by atoms with Crippen molar-refractivity contribution in [3.05, 3.63) is 58.5 Å². The molecule has 1 aromatic carbocycles. The maximum atomic E-state index is 13.0. The molecule has 0 aliphatic carbocycles. The Kier molecular flexibility index (Phi) is 5.28. The molecular formula is C19H19N3O2S. The van der Waals surface area contributed by atoms with Crippen LogP contribution in [0.15, 0.2) is 52.5 Å². The summed E-state index contributed by atoms with van der Waals surface area (Å²) in [5.41, 5.74) is 1.57. The van der Waals surface area contributed by atoms with Crippen LogP contribution in [0.3, 0.4) is 0 Å². The predicted octanol–water partition coefficient (Wildman–Crippen LogP) is 3.55. The highest BCUT2D eigenvalue weighted by Gasteiger charge is 2.14. The number of nitrogens with zero attached hydrogens (tertiary/aromatic N) is 3. The zero-order valence-electron chi connectivity index (χ0n) is 14.2. The highest BCUT2D eigenvalue weighted by atomic mass is 32.2. The lowest BCUT2D eigenvalue weighted by Crippen LogP contribution is -2.22. The maximum absolute atomic E-state index is 13.0. The lowest BCUT2D eigenvalue weighted by molar-refractivity contribution is -0.117. The Balaban J connectivity index is 2.06. The average molecular weight is 353 g/mol. The molecule has 0 spiro atoms. The van der Waals surface area contributed by atoms with E-state index in [0.717, 1.165) is 17.7 Å². The molecule has 3 rings (SSSR count). The molecule has 0 atom stereocenters. The van der Waals surface area contributed by atoms with Crippen LogP contribution in [0.4, 0.5) is 0 Å². The first-order chi connectivity index (χ1) is 12.1. The van der Waals surface area contributed by atoms with Crippen LogP contribution in [-0.2, 0) is 4.79 Å². The van der Waals surface area contributed by atoms with E-state index in [4.69, 9.17) is 0 Å². The molecule has 0 unspecified atom stereocenters. The molecule has 0 amide bonds. The quantitative estimate of drug-likeness (QED) is 0.385. The first kappa shape index (κ1) is 17.4. The molecule has 0 saturated carbocycles. The summed E-state index contributed by atoms with van der Waals surface area (Å²) in [5, 5.41) is 1.17. The highest BCUT2D eigenvalue weighted by Crippen LogP contribution is 2.21. The number of thioether (sulfide) groups is 1. The molecule has 0 saturated heterocycles. The molecule has 5 nitrogen and oxygen atoms in total. The summed E-state index contributed by atoms with van der Waals surface area (Å²) in [5.74, 6) is 1.45. The van der Waals surface area contributed by atoms with Gasteiger partial charge in [-0.05, 0) is 44.0 Å². The summed E-state index contributed by atoms with van der Waals surface area (Å²) in [6.45, 7) is 3.54. The lowest BCUT2D eigenvalue weighted by atomic mass is 10.2. The monoisotopic (exact) mass is 353 g/mol. The molecular weight excluding hydrogens is 334 g/mol. The van der Waals surface area contributed by atoms with Gasteiger partial charge in [0.15, 0.2) is 5.16 Å². The Bertz CT molecular complexity index is 965. The lowest BCUT2D eigenvalue weighted by Gasteiger charge is -2.12. The maximum Gasteiger partial charge on any atom is 0.267 e. The summed E-state index contributed by atoms with van der Waals surface area (Å²) in [4.78, 5) is 33.1. The number of carbonyl (C=O) groups is 1. The van der Waals surface area contributed by atoms with Gasteiger partial charge in [0.25, 0.3) is 5.56 Å². The normalized spacial score (nSPS) is 11.0. The largest absolute Gasteiger partial charge is 0.300 e. The van der Waals surface area contributed by atoms with Crippen LogP contribution in [0.1, 0.15) is 25.3 Å². The number of ketones is 1. The number of benzene rings is 1. The fourth-order valence-electron chi connectivity index (χ4n) is 2.49.